The van der Waals surface area contributed by atoms with Gasteiger partial charge in [-0.2, -0.15) is 0 Å². The molecule has 2 rings (SSSR count). The van der Waals surface area contributed by atoms with Gasteiger partial charge >= 0.3 is 0 Å². The number of alkyl halides is 1. The number of hydrogen-bond acceptors (Lipinski definition) is 3. The molecule has 0 fully saturated rings. The lowest BCUT2D eigenvalue weighted by Crippen LogP contribution is -2.42. The monoisotopic (exact) mass is 321 g/mol. The van der Waals surface area contributed by atoms with Gasteiger partial charge in [0.15, 0.2) is 0 Å². The van der Waals surface area contributed by atoms with Crippen molar-refractivity contribution in [3.63, 3.8) is 0 Å². The van der Waals surface area contributed by atoms with Crippen LogP contribution < -0.4 is 5.32 Å². The number of hydrogen-bond donors (Lipinski definition) is 2. The van der Waals surface area contributed by atoms with Crippen molar-refractivity contribution in [3.8, 4) is 0 Å². The largest absolute Gasteiger partial charge is 0.379 e. The fourth-order valence-electron chi connectivity index (χ4n) is 2.00. The summed E-state index contributed by atoms with van der Waals surface area (Å²) in [7, 11) is 0. The van der Waals surface area contributed by atoms with E-state index in [0.29, 0.717) is 17.0 Å². The quantitative estimate of drug-likeness (QED) is 0.871. The maximum absolute atomic E-state index is 13.7. The maximum atomic E-state index is 13.7. The van der Waals surface area contributed by atoms with Gasteiger partial charge < -0.3 is 10.4 Å². The molecule has 0 heterocycles. The van der Waals surface area contributed by atoms with Crippen molar-refractivity contribution in [2.24, 2.45) is 0 Å². The molecule has 0 aromatic heterocycles. The smallest absolute Gasteiger partial charge is 0.256 e. The van der Waals surface area contributed by atoms with Crippen molar-refractivity contribution < 1.29 is 14.3 Å². The Labute approximate surface area is 134 Å². The zero-order chi connectivity index (χ0) is 16.2. The molecule has 2 unspecified atom stereocenters. The summed E-state index contributed by atoms with van der Waals surface area (Å²) in [6.45, 7) is 3.37. The number of carbonyl (C=O) groups excluding carboxylic acids is 1. The first kappa shape index (κ1) is 16.8. The van der Waals surface area contributed by atoms with E-state index in [2.05, 4.69) is 5.32 Å². The molecule has 2 atom stereocenters. The van der Waals surface area contributed by atoms with Crippen molar-refractivity contribution in [2.45, 2.75) is 32.0 Å². The molecule has 0 saturated carbocycles. The van der Waals surface area contributed by atoms with E-state index in [4.69, 9.17) is 0 Å². The van der Waals surface area contributed by atoms with Crippen molar-refractivity contribution in [3.05, 3.63) is 53.0 Å². The minimum Gasteiger partial charge on any atom is -0.379 e. The topological polar surface area (TPSA) is 49.3 Å². The van der Waals surface area contributed by atoms with Crippen molar-refractivity contribution in [1.82, 2.24) is 0 Å². The second-order valence-electron chi connectivity index (χ2n) is 5.59. The number of allylic oxidation sites excluding steroid dienone is 4. The van der Waals surface area contributed by atoms with E-state index in [9.17, 15) is 14.3 Å². The number of rotatable bonds is 5. The third-order valence-electron chi connectivity index (χ3n) is 3.33. The first-order valence-corrected chi connectivity index (χ1v) is 8.11. The molecule has 0 saturated heterocycles. The molecular weight excluding hydrogens is 301 g/mol. The number of carbonyl (C=O) groups is 1. The summed E-state index contributed by atoms with van der Waals surface area (Å²) in [6, 6.07) is 7.35. The van der Waals surface area contributed by atoms with Gasteiger partial charge in [0.2, 0.25) is 0 Å². The zero-order valence-electron chi connectivity index (χ0n) is 12.7. The van der Waals surface area contributed by atoms with E-state index in [0.717, 1.165) is 5.56 Å². The van der Waals surface area contributed by atoms with Gasteiger partial charge in [0, 0.05) is 22.8 Å². The minimum absolute atomic E-state index is 0.102. The molecule has 22 heavy (non-hydrogen) atoms. The van der Waals surface area contributed by atoms with Crippen LogP contribution >= 0.6 is 11.8 Å². The molecule has 118 valence electrons. The van der Waals surface area contributed by atoms with Crippen LogP contribution in [0.15, 0.2) is 47.4 Å². The first-order chi connectivity index (χ1) is 10.4. The molecular formula is C17H20FNO2S. The van der Waals surface area contributed by atoms with E-state index in [-0.39, 0.29) is 5.75 Å². The molecule has 1 amide bonds. The predicted octanol–water partition coefficient (Wildman–Crippen LogP) is 3.60. The fourth-order valence-corrected chi connectivity index (χ4v) is 3.03. The van der Waals surface area contributed by atoms with E-state index in [1.54, 1.807) is 24.3 Å². The summed E-state index contributed by atoms with van der Waals surface area (Å²) in [5.74, 6) is -0.391. The summed E-state index contributed by atoms with van der Waals surface area (Å²) in [4.78, 5) is 12.7. The van der Waals surface area contributed by atoms with Crippen LogP contribution in [0.25, 0.3) is 0 Å². The predicted molar refractivity (Wildman–Crippen MR) is 89.6 cm³/mol. The Kier molecular flexibility index (Phi) is 5.42. The van der Waals surface area contributed by atoms with Crippen molar-refractivity contribution in [1.29, 1.82) is 0 Å². The first-order valence-electron chi connectivity index (χ1n) is 7.12. The normalized spacial score (nSPS) is 20.2. The Morgan fingerprint density at radius 2 is 2.32 bits per heavy atom. The van der Waals surface area contributed by atoms with Gasteiger partial charge in [-0.25, -0.2) is 4.39 Å². The van der Waals surface area contributed by atoms with Gasteiger partial charge in [-0.1, -0.05) is 30.4 Å². The number of amides is 1. The zero-order valence-corrected chi connectivity index (χ0v) is 13.5. The minimum atomic E-state index is -1.57. The standard InChI is InChI=1S/C17H20FNO2S/c1-12-6-5-7-13(10-12)19-16(20)17(2,21)11-22-15-9-4-3-8-14(15)18/h3-7,9-10,14,21H,8,11H2,1-2H3,(H,19,20). The lowest BCUT2D eigenvalue weighted by molar-refractivity contribution is -0.130. The molecule has 1 aromatic rings. The molecule has 1 aliphatic carbocycles. The second-order valence-corrected chi connectivity index (χ2v) is 6.64. The van der Waals surface area contributed by atoms with Crippen LogP contribution in [-0.4, -0.2) is 28.5 Å². The van der Waals surface area contributed by atoms with Gasteiger partial charge in [0.1, 0.15) is 11.8 Å². The molecule has 5 heteroatoms. The Bertz CT molecular complexity index is 610. The molecule has 0 radical (unpaired) electrons. The van der Waals surface area contributed by atoms with Crippen LogP contribution in [0, 0.1) is 6.92 Å². The van der Waals surface area contributed by atoms with Crippen LogP contribution in [0.2, 0.25) is 0 Å². The maximum Gasteiger partial charge on any atom is 0.256 e. The third kappa shape index (κ3) is 4.45. The van der Waals surface area contributed by atoms with Crippen LogP contribution in [0.3, 0.4) is 0 Å². The van der Waals surface area contributed by atoms with Gasteiger partial charge in [0.05, 0.1) is 0 Å². The highest BCUT2D eigenvalue weighted by Gasteiger charge is 2.31. The number of anilines is 1. The summed E-state index contributed by atoms with van der Waals surface area (Å²) in [6.07, 6.45) is 4.53. The van der Waals surface area contributed by atoms with Crippen LogP contribution in [-0.2, 0) is 4.79 Å². The SMILES string of the molecule is Cc1cccc(NC(=O)C(C)(O)CSC2=CC=CCC2F)c1. The molecule has 0 aliphatic heterocycles. The molecule has 1 aliphatic rings. The van der Waals surface area contributed by atoms with Crippen molar-refractivity contribution >= 4 is 23.4 Å². The second kappa shape index (κ2) is 7.11. The Morgan fingerprint density at radius 1 is 1.55 bits per heavy atom. The van der Waals surface area contributed by atoms with E-state index in [1.165, 1.54) is 18.7 Å². The number of benzene rings is 1. The van der Waals surface area contributed by atoms with E-state index >= 15 is 0 Å². The number of thioether (sulfide) groups is 1. The number of aryl methyl sites for hydroxylation is 1. The number of nitrogens with one attached hydrogen (secondary N) is 1. The number of halogens is 1. The summed E-state index contributed by atoms with van der Waals surface area (Å²) in [5.41, 5.74) is 0.0838. The highest BCUT2D eigenvalue weighted by Crippen LogP contribution is 2.30. The lowest BCUT2D eigenvalue weighted by Gasteiger charge is -2.23. The lowest BCUT2D eigenvalue weighted by atomic mass is 10.1. The van der Waals surface area contributed by atoms with Gasteiger partial charge in [0.25, 0.3) is 5.91 Å². The molecule has 1 aromatic carbocycles. The molecule has 2 N–H and O–H groups in total. The molecule has 3 nitrogen and oxygen atoms in total. The van der Waals surface area contributed by atoms with Gasteiger partial charge in [-0.15, -0.1) is 11.8 Å². The van der Waals surface area contributed by atoms with Gasteiger partial charge in [-0.05, 0) is 31.5 Å². The van der Waals surface area contributed by atoms with Crippen LogP contribution in [0.4, 0.5) is 10.1 Å². The van der Waals surface area contributed by atoms with E-state index in [1.807, 2.05) is 25.1 Å². The van der Waals surface area contributed by atoms with Crippen LogP contribution in [0.1, 0.15) is 18.9 Å². The highest BCUT2D eigenvalue weighted by molar-refractivity contribution is 8.03. The summed E-state index contributed by atoms with van der Waals surface area (Å²) >= 11 is 1.18. The van der Waals surface area contributed by atoms with Crippen molar-refractivity contribution in [2.75, 3.05) is 11.1 Å². The Balaban J connectivity index is 1.95. The Morgan fingerprint density at radius 3 is 3.00 bits per heavy atom. The molecule has 0 spiro atoms. The fraction of sp³-hybridized carbons (Fsp3) is 0.353. The average molecular weight is 321 g/mol. The number of aliphatic hydroxyl groups is 1. The Hall–Kier alpha value is -1.59. The summed E-state index contributed by atoms with van der Waals surface area (Å²) in [5, 5.41) is 13.0. The average Bonchev–Trinajstić information content (AvgIpc) is 2.46. The highest BCUT2D eigenvalue weighted by atomic mass is 32.2. The van der Waals surface area contributed by atoms with E-state index < -0.39 is 17.7 Å². The van der Waals surface area contributed by atoms with Gasteiger partial charge in [-0.3, -0.25) is 4.79 Å². The molecule has 0 bridgehead atoms. The van der Waals surface area contributed by atoms with Crippen LogP contribution in [0.5, 0.6) is 0 Å². The third-order valence-corrected chi connectivity index (χ3v) is 4.76. The summed E-state index contributed by atoms with van der Waals surface area (Å²) < 4.78 is 13.7.